The number of allylic oxidation sites excluding steroid dienone is 2. The van der Waals surface area contributed by atoms with Crippen molar-refractivity contribution in [3.63, 3.8) is 0 Å². The lowest BCUT2D eigenvalue weighted by atomic mass is 10.0. The molecule has 0 unspecified atom stereocenters. The van der Waals surface area contributed by atoms with E-state index in [0.29, 0.717) is 11.5 Å². The van der Waals surface area contributed by atoms with Gasteiger partial charge in [-0.3, -0.25) is 4.79 Å². The van der Waals surface area contributed by atoms with E-state index in [1.807, 2.05) is 4.90 Å². The van der Waals surface area contributed by atoms with E-state index in [4.69, 9.17) is 4.74 Å². The van der Waals surface area contributed by atoms with E-state index in [1.54, 1.807) is 19.1 Å². The van der Waals surface area contributed by atoms with E-state index >= 15 is 0 Å². The molecule has 1 fully saturated rings. The van der Waals surface area contributed by atoms with Gasteiger partial charge in [-0.1, -0.05) is 6.08 Å². The molecule has 1 aromatic heterocycles. The summed E-state index contributed by atoms with van der Waals surface area (Å²) in [6.45, 7) is 1.35. The fraction of sp³-hybridized carbons (Fsp3) is 0.429. The standard InChI is InChI=1S/C21H23FN4O3/c1-14-23-20(24-26(14)18-9-7-15(22)8-10-18)21(28)29-13-19(27)25(17-11-12-17)16-5-3-2-4-6-16/h5,7-10,17H,2-4,6,11-13H2,1H3. The number of carbonyl (C=O) groups is 2. The molecule has 2 aromatic rings. The fourth-order valence-corrected chi connectivity index (χ4v) is 3.54. The molecule has 0 spiro atoms. The summed E-state index contributed by atoms with van der Waals surface area (Å²) >= 11 is 0. The predicted molar refractivity (Wildman–Crippen MR) is 103 cm³/mol. The number of benzene rings is 1. The minimum atomic E-state index is -0.754. The molecule has 7 nitrogen and oxygen atoms in total. The first-order valence-corrected chi connectivity index (χ1v) is 9.91. The third-order valence-electron chi connectivity index (χ3n) is 5.11. The van der Waals surface area contributed by atoms with E-state index < -0.39 is 5.97 Å². The smallest absolute Gasteiger partial charge is 0.378 e. The molecule has 1 saturated carbocycles. The summed E-state index contributed by atoms with van der Waals surface area (Å²) in [5, 5.41) is 4.14. The molecule has 0 atom stereocenters. The van der Waals surface area contributed by atoms with Crippen LogP contribution in [0.15, 0.2) is 36.0 Å². The molecule has 1 heterocycles. The zero-order valence-electron chi connectivity index (χ0n) is 16.3. The quantitative estimate of drug-likeness (QED) is 0.698. The molecule has 0 radical (unpaired) electrons. The third kappa shape index (κ3) is 4.36. The van der Waals surface area contributed by atoms with Crippen LogP contribution in [0.2, 0.25) is 0 Å². The zero-order chi connectivity index (χ0) is 20.4. The molecule has 1 aromatic carbocycles. The topological polar surface area (TPSA) is 77.3 Å². The van der Waals surface area contributed by atoms with Crippen molar-refractivity contribution >= 4 is 11.9 Å². The molecule has 1 amide bonds. The molecule has 0 aliphatic heterocycles. The monoisotopic (exact) mass is 398 g/mol. The highest BCUT2D eigenvalue weighted by Crippen LogP contribution is 2.33. The lowest BCUT2D eigenvalue weighted by Gasteiger charge is -2.27. The van der Waals surface area contributed by atoms with E-state index in [0.717, 1.165) is 44.2 Å². The van der Waals surface area contributed by atoms with Crippen LogP contribution in [-0.4, -0.2) is 44.2 Å². The largest absolute Gasteiger partial charge is 0.450 e. The summed E-state index contributed by atoms with van der Waals surface area (Å²) in [5.41, 5.74) is 1.63. The summed E-state index contributed by atoms with van der Waals surface area (Å²) in [6.07, 6.45) is 8.18. The number of aromatic nitrogens is 3. The van der Waals surface area contributed by atoms with Crippen molar-refractivity contribution in [3.05, 3.63) is 53.5 Å². The summed E-state index contributed by atoms with van der Waals surface area (Å²) in [6, 6.07) is 5.92. The van der Waals surface area contributed by atoms with Crippen molar-refractivity contribution in [1.29, 1.82) is 0 Å². The second-order valence-corrected chi connectivity index (χ2v) is 7.38. The number of ether oxygens (including phenoxy) is 1. The van der Waals surface area contributed by atoms with Gasteiger partial charge in [0.15, 0.2) is 6.61 Å². The van der Waals surface area contributed by atoms with Gasteiger partial charge in [-0.25, -0.2) is 18.9 Å². The van der Waals surface area contributed by atoms with Crippen LogP contribution in [0.4, 0.5) is 4.39 Å². The number of hydrogen-bond donors (Lipinski definition) is 0. The van der Waals surface area contributed by atoms with Crippen molar-refractivity contribution in [3.8, 4) is 5.69 Å². The second-order valence-electron chi connectivity index (χ2n) is 7.38. The van der Waals surface area contributed by atoms with Gasteiger partial charge in [0.1, 0.15) is 11.6 Å². The van der Waals surface area contributed by atoms with E-state index in [2.05, 4.69) is 16.2 Å². The third-order valence-corrected chi connectivity index (χ3v) is 5.11. The Bertz CT molecular complexity index is 947. The van der Waals surface area contributed by atoms with Crippen LogP contribution in [0, 0.1) is 12.7 Å². The van der Waals surface area contributed by atoms with Gasteiger partial charge in [0.05, 0.1) is 5.69 Å². The maximum absolute atomic E-state index is 13.1. The lowest BCUT2D eigenvalue weighted by molar-refractivity contribution is -0.133. The minimum Gasteiger partial charge on any atom is -0.450 e. The summed E-state index contributed by atoms with van der Waals surface area (Å²) in [7, 11) is 0. The maximum atomic E-state index is 13.1. The number of rotatable bonds is 6. The number of aryl methyl sites for hydroxylation is 1. The zero-order valence-corrected chi connectivity index (χ0v) is 16.3. The van der Waals surface area contributed by atoms with Gasteiger partial charge in [0.2, 0.25) is 0 Å². The van der Waals surface area contributed by atoms with Crippen LogP contribution in [0.25, 0.3) is 5.69 Å². The van der Waals surface area contributed by atoms with Crippen LogP contribution < -0.4 is 0 Å². The molecule has 29 heavy (non-hydrogen) atoms. The molecule has 0 saturated heterocycles. The Hall–Kier alpha value is -3.03. The van der Waals surface area contributed by atoms with E-state index in [-0.39, 0.29) is 30.2 Å². The second kappa shape index (κ2) is 8.14. The van der Waals surface area contributed by atoms with Crippen LogP contribution in [0.3, 0.4) is 0 Å². The minimum absolute atomic E-state index is 0.130. The number of halogens is 1. The average Bonchev–Trinajstić information content (AvgIpc) is 3.48. The Morgan fingerprint density at radius 1 is 1.24 bits per heavy atom. The van der Waals surface area contributed by atoms with Crippen molar-refractivity contribution in [2.75, 3.05) is 6.61 Å². The lowest BCUT2D eigenvalue weighted by Crippen LogP contribution is -2.36. The van der Waals surface area contributed by atoms with Crippen molar-refractivity contribution < 1.29 is 18.7 Å². The van der Waals surface area contributed by atoms with Gasteiger partial charge >= 0.3 is 5.97 Å². The molecule has 0 N–H and O–H groups in total. The van der Waals surface area contributed by atoms with Gasteiger partial charge < -0.3 is 9.64 Å². The van der Waals surface area contributed by atoms with Crippen LogP contribution in [0.5, 0.6) is 0 Å². The molecule has 0 bridgehead atoms. The normalized spacial score (nSPS) is 16.3. The molecule has 2 aliphatic rings. The maximum Gasteiger partial charge on any atom is 0.378 e. The number of nitrogens with zero attached hydrogens (tertiary/aromatic N) is 4. The van der Waals surface area contributed by atoms with Crippen molar-refractivity contribution in [2.24, 2.45) is 0 Å². The summed E-state index contributed by atoms with van der Waals surface area (Å²) in [5.74, 6) is -0.992. The van der Waals surface area contributed by atoms with Gasteiger partial charge in [-0.05, 0) is 69.7 Å². The molecule has 8 heteroatoms. The first-order chi connectivity index (χ1) is 14.0. The highest BCUT2D eigenvalue weighted by Gasteiger charge is 2.35. The number of carbonyl (C=O) groups excluding carboxylic acids is 2. The SMILES string of the molecule is Cc1nc(C(=O)OCC(=O)N(C2=CCCCC2)C2CC2)nn1-c1ccc(F)cc1. The van der Waals surface area contributed by atoms with Crippen molar-refractivity contribution in [1.82, 2.24) is 19.7 Å². The molecule has 152 valence electrons. The van der Waals surface area contributed by atoms with E-state index in [9.17, 15) is 14.0 Å². The molecule has 4 rings (SSSR count). The Morgan fingerprint density at radius 2 is 2.00 bits per heavy atom. The van der Waals surface area contributed by atoms with Gasteiger partial charge in [0, 0.05) is 11.7 Å². The Morgan fingerprint density at radius 3 is 2.66 bits per heavy atom. The van der Waals surface area contributed by atoms with Crippen LogP contribution in [-0.2, 0) is 9.53 Å². The Labute approximate surface area is 168 Å². The summed E-state index contributed by atoms with van der Waals surface area (Å²) in [4.78, 5) is 31.0. The van der Waals surface area contributed by atoms with Gasteiger partial charge in [-0.2, -0.15) is 0 Å². The number of esters is 1. The average molecular weight is 398 g/mol. The molecule has 2 aliphatic carbocycles. The first-order valence-electron chi connectivity index (χ1n) is 9.91. The fourth-order valence-electron chi connectivity index (χ4n) is 3.54. The van der Waals surface area contributed by atoms with Gasteiger partial charge in [0.25, 0.3) is 11.7 Å². The number of amides is 1. The van der Waals surface area contributed by atoms with Crippen molar-refractivity contribution in [2.45, 2.75) is 51.5 Å². The predicted octanol–water partition coefficient (Wildman–Crippen LogP) is 3.32. The van der Waals surface area contributed by atoms with E-state index in [1.165, 1.54) is 16.8 Å². The van der Waals surface area contributed by atoms with Crippen LogP contribution in [0.1, 0.15) is 55.0 Å². The molecular formula is C21H23FN4O3. The molecular weight excluding hydrogens is 375 g/mol. The Balaban J connectivity index is 1.41. The summed E-state index contributed by atoms with van der Waals surface area (Å²) < 4.78 is 19.8. The highest BCUT2D eigenvalue weighted by atomic mass is 19.1. The highest BCUT2D eigenvalue weighted by molar-refractivity contribution is 5.88. The number of hydrogen-bond acceptors (Lipinski definition) is 5. The van der Waals surface area contributed by atoms with Gasteiger partial charge in [-0.15, -0.1) is 5.10 Å². The Kier molecular flexibility index (Phi) is 5.42. The first kappa shape index (κ1) is 19.3. The van der Waals surface area contributed by atoms with Crippen LogP contribution >= 0.6 is 0 Å².